The first kappa shape index (κ1) is 40.1. The highest BCUT2D eigenvalue weighted by Crippen LogP contribution is 2.37. The third-order valence-electron chi connectivity index (χ3n) is 9.96. The summed E-state index contributed by atoms with van der Waals surface area (Å²) < 4.78 is 18.4. The minimum Gasteiger partial charge on any atom is -0.466 e. The molecule has 0 saturated carbocycles. The van der Waals surface area contributed by atoms with E-state index in [1.54, 1.807) is 0 Å². The molecule has 7 rings (SSSR count). The molecule has 0 aliphatic carbocycles. The number of benzene rings is 4. The SMILES string of the molecule is CCOC(=O)C[C@H](C)Cc1ccc(Oc2cccc(-c3ccc(N4CCc5cccc(C(=O)Nc6nc7ccccc7s6)c5C4)nc3C(=O)OC(C)(C)C)c2C)cc1. The number of pyridine rings is 1. The van der Waals surface area contributed by atoms with E-state index in [1.807, 2.05) is 133 Å². The van der Waals surface area contributed by atoms with Crippen molar-refractivity contribution in [1.29, 1.82) is 0 Å². The lowest BCUT2D eigenvalue weighted by atomic mass is 9.94. The molecule has 1 atom stereocenters. The van der Waals surface area contributed by atoms with Crippen molar-refractivity contribution in [3.63, 3.8) is 0 Å². The molecule has 11 heteroatoms. The second-order valence-electron chi connectivity index (χ2n) is 15.6. The van der Waals surface area contributed by atoms with Crippen molar-refractivity contribution in [1.82, 2.24) is 9.97 Å². The third kappa shape index (κ3) is 9.37. The predicted molar refractivity (Wildman–Crippen MR) is 229 cm³/mol. The van der Waals surface area contributed by atoms with Crippen LogP contribution in [0.4, 0.5) is 10.9 Å². The van der Waals surface area contributed by atoms with E-state index in [1.165, 1.54) is 11.3 Å². The fourth-order valence-electron chi connectivity index (χ4n) is 7.22. The zero-order valence-corrected chi connectivity index (χ0v) is 34.6. The number of amides is 1. The number of ether oxygens (including phenoxy) is 3. The van der Waals surface area contributed by atoms with Gasteiger partial charge in [0.05, 0.1) is 16.8 Å². The van der Waals surface area contributed by atoms with Crippen molar-refractivity contribution in [2.75, 3.05) is 23.4 Å². The van der Waals surface area contributed by atoms with Gasteiger partial charge in [0, 0.05) is 30.6 Å². The van der Waals surface area contributed by atoms with E-state index in [4.69, 9.17) is 19.2 Å². The largest absolute Gasteiger partial charge is 0.466 e. The van der Waals surface area contributed by atoms with Crippen LogP contribution in [0.15, 0.2) is 97.1 Å². The van der Waals surface area contributed by atoms with Crippen molar-refractivity contribution < 1.29 is 28.6 Å². The van der Waals surface area contributed by atoms with Gasteiger partial charge in [-0.2, -0.15) is 0 Å². The van der Waals surface area contributed by atoms with Gasteiger partial charge >= 0.3 is 11.9 Å². The fourth-order valence-corrected chi connectivity index (χ4v) is 8.08. The van der Waals surface area contributed by atoms with Crippen LogP contribution in [0.5, 0.6) is 11.5 Å². The smallest absolute Gasteiger partial charge is 0.358 e. The number of nitrogens with zero attached hydrogens (tertiary/aromatic N) is 3. The number of fused-ring (bicyclic) bond motifs is 2. The number of para-hydroxylation sites is 1. The molecule has 58 heavy (non-hydrogen) atoms. The van der Waals surface area contributed by atoms with Crippen molar-refractivity contribution >= 4 is 50.3 Å². The molecule has 6 aromatic rings. The fraction of sp³-hybridized carbons (Fsp3) is 0.298. The van der Waals surface area contributed by atoms with Crippen LogP contribution >= 0.6 is 11.3 Å². The number of aromatic nitrogens is 2. The summed E-state index contributed by atoms with van der Waals surface area (Å²) in [6.45, 7) is 12.8. The molecular formula is C47H48N4O6S. The zero-order chi connectivity index (χ0) is 41.0. The van der Waals surface area contributed by atoms with Gasteiger partial charge in [-0.1, -0.05) is 66.8 Å². The molecule has 0 fully saturated rings. The zero-order valence-electron chi connectivity index (χ0n) is 33.8. The molecule has 1 aliphatic rings. The van der Waals surface area contributed by atoms with Crippen LogP contribution in [0.1, 0.15) is 84.1 Å². The maximum absolute atomic E-state index is 13.9. The number of carbonyl (C=O) groups excluding carboxylic acids is 3. The van der Waals surface area contributed by atoms with Crippen molar-refractivity contribution in [2.45, 2.75) is 73.0 Å². The van der Waals surface area contributed by atoms with Crippen molar-refractivity contribution in [3.8, 4) is 22.6 Å². The van der Waals surface area contributed by atoms with Crippen LogP contribution < -0.4 is 15.0 Å². The maximum Gasteiger partial charge on any atom is 0.358 e. The molecule has 4 aromatic carbocycles. The van der Waals surface area contributed by atoms with Gasteiger partial charge in [-0.25, -0.2) is 14.8 Å². The van der Waals surface area contributed by atoms with Gasteiger partial charge in [-0.3, -0.25) is 14.9 Å². The summed E-state index contributed by atoms with van der Waals surface area (Å²) in [4.78, 5) is 51.2. The summed E-state index contributed by atoms with van der Waals surface area (Å²) >= 11 is 1.44. The van der Waals surface area contributed by atoms with Crippen LogP contribution in [0.3, 0.4) is 0 Å². The number of hydrogen-bond donors (Lipinski definition) is 1. The van der Waals surface area contributed by atoms with E-state index in [0.29, 0.717) is 66.1 Å². The standard InChI is InChI=1S/C47H48N4O6S/c1-7-55-42(52)27-29(2)26-31-18-20-33(21-19-31)56-39-16-11-13-34(30(39)3)35-22-23-41(49-43(35)45(54)57-47(4,5)6)51-25-24-32-12-10-14-36(37(32)28-51)44(53)50-46-48-38-15-8-9-17-40(38)58-46/h8-23,29H,7,24-28H2,1-6H3,(H,48,50,53)/t29-/m1/s1. The van der Waals surface area contributed by atoms with Gasteiger partial charge in [-0.15, -0.1) is 0 Å². The topological polar surface area (TPSA) is 120 Å². The first-order chi connectivity index (χ1) is 27.8. The summed E-state index contributed by atoms with van der Waals surface area (Å²) in [6, 6.07) is 31.1. The Morgan fingerprint density at radius 3 is 2.43 bits per heavy atom. The van der Waals surface area contributed by atoms with Crippen LogP contribution in [0, 0.1) is 12.8 Å². The van der Waals surface area contributed by atoms with Gasteiger partial charge in [0.15, 0.2) is 10.8 Å². The lowest BCUT2D eigenvalue weighted by Gasteiger charge is -2.31. The molecule has 2 aromatic heterocycles. The van der Waals surface area contributed by atoms with E-state index < -0.39 is 11.6 Å². The van der Waals surface area contributed by atoms with E-state index >= 15 is 0 Å². The molecule has 1 aliphatic heterocycles. The number of hydrogen-bond acceptors (Lipinski definition) is 10. The Bertz CT molecular complexity index is 2440. The lowest BCUT2D eigenvalue weighted by molar-refractivity contribution is -0.144. The van der Waals surface area contributed by atoms with Crippen LogP contribution in [0.25, 0.3) is 21.3 Å². The Morgan fingerprint density at radius 1 is 0.897 bits per heavy atom. The van der Waals surface area contributed by atoms with Crippen molar-refractivity contribution in [3.05, 3.63) is 131 Å². The number of rotatable bonds is 12. The van der Waals surface area contributed by atoms with E-state index in [9.17, 15) is 14.4 Å². The quantitative estimate of drug-likeness (QED) is 0.121. The predicted octanol–water partition coefficient (Wildman–Crippen LogP) is 10.4. The lowest BCUT2D eigenvalue weighted by Crippen LogP contribution is -2.33. The highest BCUT2D eigenvalue weighted by molar-refractivity contribution is 7.22. The maximum atomic E-state index is 13.9. The highest BCUT2D eigenvalue weighted by atomic mass is 32.1. The van der Waals surface area contributed by atoms with E-state index in [0.717, 1.165) is 44.5 Å². The Morgan fingerprint density at radius 2 is 1.67 bits per heavy atom. The van der Waals surface area contributed by atoms with Crippen LogP contribution in [-0.2, 0) is 33.7 Å². The van der Waals surface area contributed by atoms with Gasteiger partial charge in [0.25, 0.3) is 5.91 Å². The Balaban J connectivity index is 1.13. The molecule has 10 nitrogen and oxygen atoms in total. The molecule has 0 saturated heterocycles. The summed E-state index contributed by atoms with van der Waals surface area (Å²) in [7, 11) is 0. The monoisotopic (exact) mass is 796 g/mol. The Kier molecular flexibility index (Phi) is 11.9. The molecule has 298 valence electrons. The van der Waals surface area contributed by atoms with Crippen molar-refractivity contribution in [2.24, 2.45) is 5.92 Å². The van der Waals surface area contributed by atoms with Crippen LogP contribution in [-0.4, -0.2) is 46.6 Å². The summed E-state index contributed by atoms with van der Waals surface area (Å²) in [5.74, 6) is 1.14. The average Bonchev–Trinajstić information content (AvgIpc) is 3.60. The molecule has 3 heterocycles. The van der Waals surface area contributed by atoms with E-state index in [-0.39, 0.29) is 23.5 Å². The molecular weight excluding hydrogens is 749 g/mol. The minimum absolute atomic E-state index is 0.148. The number of thiazole rings is 1. The molecule has 1 N–H and O–H groups in total. The summed E-state index contributed by atoms with van der Waals surface area (Å²) in [5.41, 5.74) is 6.24. The van der Waals surface area contributed by atoms with Crippen LogP contribution in [0.2, 0.25) is 0 Å². The molecule has 0 radical (unpaired) electrons. The number of carbonyl (C=O) groups is 3. The number of nitrogens with one attached hydrogen (secondary N) is 1. The molecule has 0 bridgehead atoms. The minimum atomic E-state index is -0.746. The Hall–Kier alpha value is -6.07. The average molecular weight is 797 g/mol. The third-order valence-corrected chi connectivity index (χ3v) is 10.9. The second-order valence-corrected chi connectivity index (χ2v) is 16.6. The second kappa shape index (κ2) is 17.2. The molecule has 0 unspecified atom stereocenters. The van der Waals surface area contributed by atoms with E-state index in [2.05, 4.69) is 21.3 Å². The van der Waals surface area contributed by atoms with Gasteiger partial charge < -0.3 is 19.1 Å². The normalized spacial score (nSPS) is 13.1. The highest BCUT2D eigenvalue weighted by Gasteiger charge is 2.28. The summed E-state index contributed by atoms with van der Waals surface area (Å²) in [6.07, 6.45) is 1.82. The summed E-state index contributed by atoms with van der Waals surface area (Å²) in [5, 5.41) is 3.56. The molecule has 0 spiro atoms. The number of anilines is 2. The first-order valence-corrected chi connectivity index (χ1v) is 20.5. The molecule has 1 amide bonds. The van der Waals surface area contributed by atoms with Gasteiger partial charge in [0.2, 0.25) is 0 Å². The van der Waals surface area contributed by atoms with Gasteiger partial charge in [0.1, 0.15) is 22.9 Å². The Labute approximate surface area is 343 Å². The first-order valence-electron chi connectivity index (χ1n) is 19.6. The number of esters is 2. The van der Waals surface area contributed by atoms with Gasteiger partial charge in [-0.05, 0) is 130 Å².